The standard InChI is InChI=1S/C15H22BrNO3/c1-11-8-17(9-12(10-18)20-11)7-6-15(19)13-4-2-3-5-14(13)16/h2-5,11-12,15,18-19H,6-10H2,1H3. The Hall–Kier alpha value is -0.460. The van der Waals surface area contributed by atoms with Gasteiger partial charge in [0.2, 0.25) is 0 Å². The average Bonchev–Trinajstić information content (AvgIpc) is 2.44. The molecule has 1 aromatic rings. The molecule has 0 aromatic heterocycles. The Labute approximate surface area is 128 Å². The van der Waals surface area contributed by atoms with E-state index >= 15 is 0 Å². The van der Waals surface area contributed by atoms with Crippen LogP contribution in [-0.4, -0.2) is 53.6 Å². The zero-order chi connectivity index (χ0) is 14.5. The number of rotatable bonds is 5. The largest absolute Gasteiger partial charge is 0.394 e. The molecule has 1 aromatic carbocycles. The smallest absolute Gasteiger partial charge is 0.0936 e. The Morgan fingerprint density at radius 2 is 2.15 bits per heavy atom. The van der Waals surface area contributed by atoms with E-state index in [2.05, 4.69) is 20.8 Å². The summed E-state index contributed by atoms with van der Waals surface area (Å²) in [4.78, 5) is 2.25. The first kappa shape index (κ1) is 15.9. The monoisotopic (exact) mass is 343 g/mol. The Kier molecular flexibility index (Phi) is 5.99. The molecule has 3 atom stereocenters. The van der Waals surface area contributed by atoms with Gasteiger partial charge in [-0.25, -0.2) is 0 Å². The Balaban J connectivity index is 1.87. The predicted molar refractivity (Wildman–Crippen MR) is 81.6 cm³/mol. The van der Waals surface area contributed by atoms with E-state index in [4.69, 9.17) is 4.74 Å². The maximum Gasteiger partial charge on any atom is 0.0936 e. The zero-order valence-corrected chi connectivity index (χ0v) is 13.3. The van der Waals surface area contributed by atoms with E-state index in [0.29, 0.717) is 6.42 Å². The molecule has 0 aliphatic carbocycles. The molecule has 1 aliphatic rings. The van der Waals surface area contributed by atoms with E-state index in [9.17, 15) is 10.2 Å². The summed E-state index contributed by atoms with van der Waals surface area (Å²) < 4.78 is 6.56. The lowest BCUT2D eigenvalue weighted by atomic mass is 10.1. The lowest BCUT2D eigenvalue weighted by Gasteiger charge is -2.36. The number of benzene rings is 1. The second-order valence-corrected chi connectivity index (χ2v) is 6.19. The highest BCUT2D eigenvalue weighted by Gasteiger charge is 2.25. The van der Waals surface area contributed by atoms with Crippen LogP contribution in [0.5, 0.6) is 0 Å². The maximum absolute atomic E-state index is 10.3. The second-order valence-electron chi connectivity index (χ2n) is 5.34. The van der Waals surface area contributed by atoms with Crippen LogP contribution in [0.15, 0.2) is 28.7 Å². The first-order chi connectivity index (χ1) is 9.60. The number of aliphatic hydroxyl groups is 2. The van der Waals surface area contributed by atoms with E-state index in [1.807, 2.05) is 31.2 Å². The first-order valence-electron chi connectivity index (χ1n) is 7.01. The second kappa shape index (κ2) is 7.52. The molecule has 112 valence electrons. The van der Waals surface area contributed by atoms with Gasteiger partial charge in [-0.15, -0.1) is 0 Å². The summed E-state index contributed by atoms with van der Waals surface area (Å²) in [7, 11) is 0. The van der Waals surface area contributed by atoms with Crippen LogP contribution in [0.3, 0.4) is 0 Å². The number of hydrogen-bond donors (Lipinski definition) is 2. The quantitative estimate of drug-likeness (QED) is 0.857. The number of aliphatic hydroxyl groups excluding tert-OH is 2. The van der Waals surface area contributed by atoms with Crippen molar-refractivity contribution in [1.82, 2.24) is 4.90 Å². The molecule has 4 nitrogen and oxygen atoms in total. The normalized spacial score (nSPS) is 25.6. The molecular weight excluding hydrogens is 322 g/mol. The van der Waals surface area contributed by atoms with Crippen molar-refractivity contribution >= 4 is 15.9 Å². The summed E-state index contributed by atoms with van der Waals surface area (Å²) in [6.45, 7) is 4.43. The Bertz CT molecular complexity index is 429. The van der Waals surface area contributed by atoms with Gasteiger partial charge in [-0.3, -0.25) is 4.90 Å². The number of halogens is 1. The maximum atomic E-state index is 10.3. The van der Waals surface area contributed by atoms with Crippen molar-refractivity contribution in [1.29, 1.82) is 0 Å². The molecule has 20 heavy (non-hydrogen) atoms. The fourth-order valence-electron chi connectivity index (χ4n) is 2.63. The van der Waals surface area contributed by atoms with Gasteiger partial charge < -0.3 is 14.9 Å². The number of morpholine rings is 1. The van der Waals surface area contributed by atoms with Crippen molar-refractivity contribution in [3.05, 3.63) is 34.3 Å². The van der Waals surface area contributed by atoms with Gasteiger partial charge in [-0.05, 0) is 25.0 Å². The van der Waals surface area contributed by atoms with Gasteiger partial charge in [0.05, 0.1) is 24.9 Å². The van der Waals surface area contributed by atoms with Gasteiger partial charge in [-0.1, -0.05) is 34.1 Å². The summed E-state index contributed by atoms with van der Waals surface area (Å²) in [6.07, 6.45) is 0.213. The fraction of sp³-hybridized carbons (Fsp3) is 0.600. The molecule has 0 saturated carbocycles. The molecule has 0 spiro atoms. The Morgan fingerprint density at radius 1 is 1.40 bits per heavy atom. The number of hydrogen-bond acceptors (Lipinski definition) is 4. The van der Waals surface area contributed by atoms with Gasteiger partial charge in [-0.2, -0.15) is 0 Å². The third-order valence-electron chi connectivity index (χ3n) is 3.59. The molecule has 3 unspecified atom stereocenters. The predicted octanol–water partition coefficient (Wildman–Crippen LogP) is 1.95. The summed E-state index contributed by atoms with van der Waals surface area (Å²) in [5.41, 5.74) is 0.924. The van der Waals surface area contributed by atoms with E-state index in [1.54, 1.807) is 0 Å². The molecular formula is C15H22BrNO3. The van der Waals surface area contributed by atoms with Crippen LogP contribution in [0.1, 0.15) is 25.0 Å². The highest BCUT2D eigenvalue weighted by Crippen LogP contribution is 2.25. The van der Waals surface area contributed by atoms with Crippen molar-refractivity contribution in [2.75, 3.05) is 26.2 Å². The van der Waals surface area contributed by atoms with E-state index < -0.39 is 6.10 Å². The van der Waals surface area contributed by atoms with Crippen LogP contribution in [0, 0.1) is 0 Å². The van der Waals surface area contributed by atoms with Crippen molar-refractivity contribution in [2.24, 2.45) is 0 Å². The van der Waals surface area contributed by atoms with Crippen LogP contribution >= 0.6 is 15.9 Å². The molecule has 2 rings (SSSR count). The number of ether oxygens (including phenoxy) is 1. The lowest BCUT2D eigenvalue weighted by molar-refractivity contribution is -0.0967. The molecule has 0 amide bonds. The van der Waals surface area contributed by atoms with Gasteiger partial charge in [0.25, 0.3) is 0 Å². The molecule has 0 radical (unpaired) electrons. The van der Waals surface area contributed by atoms with Gasteiger partial charge >= 0.3 is 0 Å². The van der Waals surface area contributed by atoms with Crippen molar-refractivity contribution in [3.63, 3.8) is 0 Å². The summed E-state index contributed by atoms with van der Waals surface area (Å²) >= 11 is 3.47. The average molecular weight is 344 g/mol. The van der Waals surface area contributed by atoms with Crippen LogP contribution in [0.2, 0.25) is 0 Å². The molecule has 1 fully saturated rings. The topological polar surface area (TPSA) is 52.9 Å². The van der Waals surface area contributed by atoms with E-state index in [-0.39, 0.29) is 18.8 Å². The lowest BCUT2D eigenvalue weighted by Crippen LogP contribution is -2.48. The van der Waals surface area contributed by atoms with Gasteiger partial charge in [0.1, 0.15) is 0 Å². The van der Waals surface area contributed by atoms with Crippen LogP contribution in [0.4, 0.5) is 0 Å². The highest BCUT2D eigenvalue weighted by atomic mass is 79.9. The summed E-state index contributed by atoms with van der Waals surface area (Å²) in [6, 6.07) is 7.75. The van der Waals surface area contributed by atoms with Gasteiger partial charge in [0.15, 0.2) is 0 Å². The Morgan fingerprint density at radius 3 is 2.85 bits per heavy atom. The van der Waals surface area contributed by atoms with Crippen LogP contribution < -0.4 is 0 Å². The fourth-order valence-corrected chi connectivity index (χ4v) is 3.18. The number of nitrogens with zero attached hydrogens (tertiary/aromatic N) is 1. The molecule has 5 heteroatoms. The summed E-state index contributed by atoms with van der Waals surface area (Å²) in [5.74, 6) is 0. The van der Waals surface area contributed by atoms with E-state index in [0.717, 1.165) is 29.7 Å². The molecule has 1 aliphatic heterocycles. The van der Waals surface area contributed by atoms with Crippen LogP contribution in [0.25, 0.3) is 0 Å². The van der Waals surface area contributed by atoms with Crippen molar-refractivity contribution in [3.8, 4) is 0 Å². The van der Waals surface area contributed by atoms with Gasteiger partial charge in [0, 0.05) is 24.1 Å². The zero-order valence-electron chi connectivity index (χ0n) is 11.7. The first-order valence-corrected chi connectivity index (χ1v) is 7.80. The molecule has 2 N–H and O–H groups in total. The third kappa shape index (κ3) is 4.27. The minimum absolute atomic E-state index is 0.0492. The minimum atomic E-state index is -0.476. The molecule has 0 bridgehead atoms. The van der Waals surface area contributed by atoms with E-state index in [1.165, 1.54) is 0 Å². The van der Waals surface area contributed by atoms with Crippen LogP contribution in [-0.2, 0) is 4.74 Å². The highest BCUT2D eigenvalue weighted by molar-refractivity contribution is 9.10. The minimum Gasteiger partial charge on any atom is -0.394 e. The summed E-state index contributed by atoms with van der Waals surface area (Å²) in [5, 5.41) is 19.5. The molecule has 1 heterocycles. The molecule has 1 saturated heterocycles. The van der Waals surface area contributed by atoms with Crippen molar-refractivity contribution in [2.45, 2.75) is 31.7 Å². The third-order valence-corrected chi connectivity index (χ3v) is 4.31. The van der Waals surface area contributed by atoms with Crippen molar-refractivity contribution < 1.29 is 14.9 Å². The SMILES string of the molecule is CC1CN(CCC(O)c2ccccc2Br)CC(CO)O1.